The first-order chi connectivity index (χ1) is 15.7. The van der Waals surface area contributed by atoms with Gasteiger partial charge in [0.1, 0.15) is 6.54 Å². The van der Waals surface area contributed by atoms with Crippen LogP contribution in [0.3, 0.4) is 0 Å². The van der Waals surface area contributed by atoms with Crippen molar-refractivity contribution in [3.8, 4) is 0 Å². The van der Waals surface area contributed by atoms with Gasteiger partial charge in [0.2, 0.25) is 5.91 Å². The summed E-state index contributed by atoms with van der Waals surface area (Å²) in [5, 5.41) is 9.51. The van der Waals surface area contributed by atoms with Crippen LogP contribution in [0.2, 0.25) is 0 Å². The Morgan fingerprint density at radius 2 is 1.45 bits per heavy atom. The Balaban J connectivity index is 2.28. The first-order valence-electron chi connectivity index (χ1n) is 13.1. The maximum atomic E-state index is 12.5. The normalized spacial score (nSPS) is 15.1. The van der Waals surface area contributed by atoms with Crippen molar-refractivity contribution in [3.05, 3.63) is 0 Å². The zero-order chi connectivity index (χ0) is 24.9. The highest BCUT2D eigenvalue weighted by atomic mass is 16.5. The topological polar surface area (TPSA) is 87.2 Å². The lowest BCUT2D eigenvalue weighted by Gasteiger charge is -2.35. The molecule has 1 fully saturated rings. The number of ether oxygens (including phenoxy) is 1. The average Bonchev–Trinajstić information content (AvgIpc) is 3.09. The van der Waals surface area contributed by atoms with E-state index in [-0.39, 0.29) is 23.9 Å². The van der Waals surface area contributed by atoms with Gasteiger partial charge in [-0.3, -0.25) is 14.5 Å². The number of likely N-dealkylation sites (N-methyl/N-ethyl adjacent to an activating group) is 1. The third-order valence-corrected chi connectivity index (χ3v) is 8.00. The van der Waals surface area contributed by atoms with Gasteiger partial charge in [0.15, 0.2) is 0 Å². The van der Waals surface area contributed by atoms with Crippen LogP contribution < -0.4 is 0 Å². The molecule has 0 bridgehead atoms. The zero-order valence-corrected chi connectivity index (χ0v) is 21.8. The molecular formula is C26H48N2O5. The molecule has 0 atom stereocenters. The quantitative estimate of drug-likeness (QED) is 0.194. The number of carbonyl (C=O) groups excluding carboxylic acids is 2. The first kappa shape index (κ1) is 29.4. The lowest BCUT2D eigenvalue weighted by atomic mass is 9.77. The SMILES string of the molecule is CCN1CC(=O)N(CC(CC)(CC)CCCCOCCCCCC(CC)(CC)C(=O)O)C1=O. The number of unbranched alkanes of at least 4 members (excludes halogenated alkanes) is 3. The lowest BCUT2D eigenvalue weighted by Crippen LogP contribution is -2.41. The Bertz CT molecular complexity index is 614. The van der Waals surface area contributed by atoms with Crippen LogP contribution in [0, 0.1) is 10.8 Å². The van der Waals surface area contributed by atoms with Crippen LogP contribution in [0.15, 0.2) is 0 Å². The minimum Gasteiger partial charge on any atom is -0.481 e. The van der Waals surface area contributed by atoms with Crippen LogP contribution in [0.1, 0.15) is 105 Å². The Hall–Kier alpha value is -1.63. The largest absolute Gasteiger partial charge is 0.481 e. The van der Waals surface area contributed by atoms with Crippen molar-refractivity contribution in [1.82, 2.24) is 9.80 Å². The van der Waals surface area contributed by atoms with Gasteiger partial charge in [0, 0.05) is 26.3 Å². The molecule has 1 heterocycles. The van der Waals surface area contributed by atoms with Crippen molar-refractivity contribution in [2.24, 2.45) is 10.8 Å². The number of imide groups is 1. The molecule has 0 aromatic carbocycles. The first-order valence-corrected chi connectivity index (χ1v) is 13.1. The Morgan fingerprint density at radius 3 is 1.94 bits per heavy atom. The van der Waals surface area contributed by atoms with Gasteiger partial charge in [-0.2, -0.15) is 0 Å². The van der Waals surface area contributed by atoms with Crippen LogP contribution in [-0.2, 0) is 14.3 Å². The van der Waals surface area contributed by atoms with Crippen molar-refractivity contribution in [2.45, 2.75) is 105 Å². The molecule has 33 heavy (non-hydrogen) atoms. The molecule has 7 heteroatoms. The molecule has 1 saturated heterocycles. The van der Waals surface area contributed by atoms with Crippen molar-refractivity contribution in [3.63, 3.8) is 0 Å². The van der Waals surface area contributed by atoms with Crippen LogP contribution in [0.25, 0.3) is 0 Å². The van der Waals surface area contributed by atoms with E-state index in [1.807, 2.05) is 20.8 Å². The molecule has 0 aromatic heterocycles. The number of aliphatic carboxylic acids is 1. The highest BCUT2D eigenvalue weighted by molar-refractivity contribution is 6.02. The zero-order valence-electron chi connectivity index (χ0n) is 21.8. The van der Waals surface area contributed by atoms with E-state index in [1.165, 1.54) is 4.90 Å². The minimum atomic E-state index is -0.667. The Morgan fingerprint density at radius 1 is 0.879 bits per heavy atom. The van der Waals surface area contributed by atoms with Crippen LogP contribution in [0.5, 0.6) is 0 Å². The van der Waals surface area contributed by atoms with Crippen molar-refractivity contribution < 1.29 is 24.2 Å². The molecule has 1 aliphatic rings. The molecule has 7 nitrogen and oxygen atoms in total. The third kappa shape index (κ3) is 8.27. The van der Waals surface area contributed by atoms with Crippen LogP contribution in [0.4, 0.5) is 4.79 Å². The second-order valence-electron chi connectivity index (χ2n) is 9.66. The summed E-state index contributed by atoms with van der Waals surface area (Å²) in [5.74, 6) is -0.741. The summed E-state index contributed by atoms with van der Waals surface area (Å²) in [6.45, 7) is 12.9. The van der Waals surface area contributed by atoms with Crippen molar-refractivity contribution >= 4 is 17.9 Å². The molecule has 0 spiro atoms. The number of urea groups is 1. The van der Waals surface area contributed by atoms with Crippen molar-refractivity contribution in [1.29, 1.82) is 0 Å². The summed E-state index contributed by atoms with van der Waals surface area (Å²) >= 11 is 0. The molecule has 1 N–H and O–H groups in total. The van der Waals surface area contributed by atoms with Gasteiger partial charge >= 0.3 is 12.0 Å². The van der Waals surface area contributed by atoms with Gasteiger partial charge in [0.05, 0.1) is 5.41 Å². The predicted octanol–water partition coefficient (Wildman–Crippen LogP) is 5.72. The number of carboxylic acids is 1. The van der Waals surface area contributed by atoms with Gasteiger partial charge in [-0.25, -0.2) is 4.79 Å². The maximum Gasteiger partial charge on any atom is 0.327 e. The highest BCUT2D eigenvalue weighted by Gasteiger charge is 2.40. The molecule has 0 radical (unpaired) electrons. The maximum absolute atomic E-state index is 12.5. The van der Waals surface area contributed by atoms with E-state index in [4.69, 9.17) is 4.74 Å². The molecule has 0 saturated carbocycles. The molecule has 1 rings (SSSR count). The lowest BCUT2D eigenvalue weighted by molar-refractivity contribution is -0.150. The number of carbonyl (C=O) groups is 3. The van der Waals surface area contributed by atoms with E-state index in [0.717, 1.165) is 64.4 Å². The van der Waals surface area contributed by atoms with Gasteiger partial charge in [-0.15, -0.1) is 0 Å². The summed E-state index contributed by atoms with van der Waals surface area (Å²) in [6, 6.07) is -0.143. The van der Waals surface area contributed by atoms with Crippen molar-refractivity contribution in [2.75, 3.05) is 32.8 Å². The van der Waals surface area contributed by atoms with E-state index in [0.29, 0.717) is 32.5 Å². The second kappa shape index (κ2) is 14.6. The van der Waals surface area contributed by atoms with E-state index in [9.17, 15) is 19.5 Å². The Labute approximate surface area is 201 Å². The molecule has 0 unspecified atom stereocenters. The summed E-state index contributed by atoms with van der Waals surface area (Å²) in [7, 11) is 0. The number of amides is 3. The Kier molecular flexibility index (Phi) is 13.0. The standard InChI is InChI=1S/C26H48N2O5/c1-6-25(7-2,21-28-22(29)20-27(10-5)24(28)32)16-13-15-19-33-18-14-11-12-17-26(8-3,9-4)23(30)31/h6-21H2,1-5H3,(H,30,31). The summed E-state index contributed by atoms with van der Waals surface area (Å²) in [5.41, 5.74) is -0.588. The minimum absolute atomic E-state index is 0.0235. The predicted molar refractivity (Wildman–Crippen MR) is 131 cm³/mol. The van der Waals surface area contributed by atoms with Gasteiger partial charge in [-0.1, -0.05) is 47.0 Å². The number of rotatable bonds is 19. The van der Waals surface area contributed by atoms with Crippen LogP contribution >= 0.6 is 0 Å². The van der Waals surface area contributed by atoms with Gasteiger partial charge in [0.25, 0.3) is 0 Å². The highest BCUT2D eigenvalue weighted by Crippen LogP contribution is 2.35. The molecule has 1 aliphatic heterocycles. The monoisotopic (exact) mass is 468 g/mol. The van der Waals surface area contributed by atoms with E-state index >= 15 is 0 Å². The average molecular weight is 469 g/mol. The summed E-state index contributed by atoms with van der Waals surface area (Å²) < 4.78 is 5.80. The molecule has 3 amide bonds. The van der Waals surface area contributed by atoms with E-state index < -0.39 is 11.4 Å². The summed E-state index contributed by atoms with van der Waals surface area (Å²) in [6.07, 6.45) is 9.86. The number of hydrogen-bond donors (Lipinski definition) is 1. The third-order valence-electron chi connectivity index (χ3n) is 8.00. The van der Waals surface area contributed by atoms with E-state index in [1.54, 1.807) is 4.90 Å². The molecule has 192 valence electrons. The smallest absolute Gasteiger partial charge is 0.327 e. The number of carboxylic acid groups (broad SMARTS) is 1. The summed E-state index contributed by atoms with van der Waals surface area (Å²) in [4.78, 5) is 39.4. The molecule has 0 aromatic rings. The molecular weight excluding hydrogens is 420 g/mol. The molecule has 0 aliphatic carbocycles. The van der Waals surface area contributed by atoms with Crippen LogP contribution in [-0.4, -0.2) is 65.7 Å². The number of nitrogens with zero attached hydrogens (tertiary/aromatic N) is 2. The number of hydrogen-bond acceptors (Lipinski definition) is 4. The fourth-order valence-corrected chi connectivity index (χ4v) is 4.90. The fraction of sp³-hybridized carbons (Fsp3) is 0.885. The van der Waals surface area contributed by atoms with E-state index in [2.05, 4.69) is 13.8 Å². The second-order valence-corrected chi connectivity index (χ2v) is 9.66. The van der Waals surface area contributed by atoms with Gasteiger partial charge < -0.3 is 14.7 Å². The van der Waals surface area contributed by atoms with Gasteiger partial charge in [-0.05, 0) is 63.7 Å². The fourth-order valence-electron chi connectivity index (χ4n) is 4.90.